The van der Waals surface area contributed by atoms with E-state index in [9.17, 15) is 17.6 Å². The molecule has 26 heavy (non-hydrogen) atoms. The second kappa shape index (κ2) is 6.99. The fraction of sp³-hybridized carbons (Fsp3) is 0.111. The summed E-state index contributed by atoms with van der Waals surface area (Å²) < 4.78 is 52.3. The molecule has 2 aromatic carbocycles. The predicted octanol–water partition coefficient (Wildman–Crippen LogP) is 5.43. The first kappa shape index (κ1) is 17.7. The molecule has 0 aliphatic rings. The first-order valence-corrected chi connectivity index (χ1v) is 7.63. The summed E-state index contributed by atoms with van der Waals surface area (Å²) in [6.45, 7) is 1.69. The average Bonchev–Trinajstić information content (AvgIpc) is 2.56. The number of anilines is 4. The van der Waals surface area contributed by atoms with Gasteiger partial charge in [-0.2, -0.15) is 18.2 Å². The maximum absolute atomic E-state index is 13.1. The minimum Gasteiger partial charge on any atom is -0.340 e. The van der Waals surface area contributed by atoms with Gasteiger partial charge in [-0.25, -0.2) is 9.37 Å². The summed E-state index contributed by atoms with van der Waals surface area (Å²) in [4.78, 5) is 8.29. The fourth-order valence-corrected chi connectivity index (χ4v) is 2.33. The molecule has 0 atom stereocenters. The Balaban J connectivity index is 1.88. The molecule has 0 amide bonds. The molecule has 1 aromatic heterocycles. The molecule has 4 nitrogen and oxygen atoms in total. The normalized spacial score (nSPS) is 11.3. The molecule has 2 N–H and O–H groups in total. The molecule has 3 rings (SSSR count). The Hall–Kier alpha value is -3.16. The summed E-state index contributed by atoms with van der Waals surface area (Å²) in [7, 11) is 0. The van der Waals surface area contributed by atoms with Gasteiger partial charge in [-0.3, -0.25) is 0 Å². The maximum atomic E-state index is 13.1. The van der Waals surface area contributed by atoms with Crippen molar-refractivity contribution in [2.75, 3.05) is 10.6 Å². The van der Waals surface area contributed by atoms with Gasteiger partial charge in [0.05, 0.1) is 11.3 Å². The highest BCUT2D eigenvalue weighted by Crippen LogP contribution is 2.35. The van der Waals surface area contributed by atoms with Gasteiger partial charge in [0.2, 0.25) is 5.95 Å². The van der Waals surface area contributed by atoms with Gasteiger partial charge in [-0.15, -0.1) is 0 Å². The van der Waals surface area contributed by atoms with E-state index >= 15 is 0 Å². The molecule has 0 spiro atoms. The number of benzene rings is 2. The van der Waals surface area contributed by atoms with Crippen molar-refractivity contribution in [3.63, 3.8) is 0 Å². The molecule has 0 aliphatic carbocycles. The quantitative estimate of drug-likeness (QED) is 0.608. The minimum absolute atomic E-state index is 0.0197. The number of halogens is 4. The molecule has 3 aromatic rings. The smallest absolute Gasteiger partial charge is 0.340 e. The lowest BCUT2D eigenvalue weighted by atomic mass is 10.1. The van der Waals surface area contributed by atoms with E-state index in [1.54, 1.807) is 13.0 Å². The van der Waals surface area contributed by atoms with Crippen molar-refractivity contribution in [2.45, 2.75) is 13.1 Å². The number of rotatable bonds is 4. The van der Waals surface area contributed by atoms with E-state index in [1.165, 1.54) is 42.5 Å². The number of hydrogen-bond acceptors (Lipinski definition) is 4. The van der Waals surface area contributed by atoms with Crippen LogP contribution in [-0.4, -0.2) is 9.97 Å². The summed E-state index contributed by atoms with van der Waals surface area (Å²) in [6, 6.07) is 12.3. The van der Waals surface area contributed by atoms with Crippen LogP contribution < -0.4 is 10.6 Å². The van der Waals surface area contributed by atoms with Gasteiger partial charge < -0.3 is 10.6 Å². The highest BCUT2D eigenvalue weighted by molar-refractivity contribution is 5.62. The van der Waals surface area contributed by atoms with Crippen molar-refractivity contribution in [1.82, 2.24) is 9.97 Å². The molecule has 8 heteroatoms. The largest absolute Gasteiger partial charge is 0.418 e. The summed E-state index contributed by atoms with van der Waals surface area (Å²) in [6.07, 6.45) is -4.50. The maximum Gasteiger partial charge on any atom is 0.418 e. The van der Waals surface area contributed by atoms with Gasteiger partial charge in [0, 0.05) is 17.4 Å². The van der Waals surface area contributed by atoms with E-state index < -0.39 is 11.7 Å². The number of aryl methyl sites for hydroxylation is 1. The Morgan fingerprint density at radius 1 is 0.885 bits per heavy atom. The summed E-state index contributed by atoms with van der Waals surface area (Å²) in [5.74, 6) is 0.0166. The molecule has 0 aliphatic heterocycles. The second-order valence-corrected chi connectivity index (χ2v) is 5.52. The van der Waals surface area contributed by atoms with Gasteiger partial charge in [0.15, 0.2) is 0 Å². The molecule has 134 valence electrons. The third-order valence-corrected chi connectivity index (χ3v) is 3.45. The van der Waals surface area contributed by atoms with Gasteiger partial charge in [0.25, 0.3) is 0 Å². The summed E-state index contributed by atoms with van der Waals surface area (Å²) >= 11 is 0. The lowest BCUT2D eigenvalue weighted by Crippen LogP contribution is -2.10. The first-order valence-electron chi connectivity index (χ1n) is 7.63. The van der Waals surface area contributed by atoms with Gasteiger partial charge in [-0.05, 0) is 43.3 Å². The molecular formula is C18H14F4N4. The van der Waals surface area contributed by atoms with Crippen LogP contribution in [0.25, 0.3) is 0 Å². The van der Waals surface area contributed by atoms with E-state index in [0.717, 1.165) is 6.07 Å². The van der Waals surface area contributed by atoms with Gasteiger partial charge in [-0.1, -0.05) is 12.1 Å². The van der Waals surface area contributed by atoms with Crippen molar-refractivity contribution < 1.29 is 17.6 Å². The fourth-order valence-electron chi connectivity index (χ4n) is 2.33. The van der Waals surface area contributed by atoms with Crippen LogP contribution in [0.15, 0.2) is 54.6 Å². The average molecular weight is 362 g/mol. The first-order chi connectivity index (χ1) is 12.3. The number of nitrogens with zero attached hydrogens (tertiary/aromatic N) is 2. The van der Waals surface area contributed by atoms with Crippen LogP contribution >= 0.6 is 0 Å². The second-order valence-electron chi connectivity index (χ2n) is 5.52. The van der Waals surface area contributed by atoms with Crippen molar-refractivity contribution in [3.05, 3.63) is 71.7 Å². The van der Waals surface area contributed by atoms with Crippen LogP contribution in [0.4, 0.5) is 40.7 Å². The van der Waals surface area contributed by atoms with Crippen molar-refractivity contribution in [2.24, 2.45) is 0 Å². The summed E-state index contributed by atoms with van der Waals surface area (Å²) in [5, 5.41) is 5.58. The lowest BCUT2D eigenvalue weighted by molar-refractivity contribution is -0.136. The predicted molar refractivity (Wildman–Crippen MR) is 91.2 cm³/mol. The van der Waals surface area contributed by atoms with Gasteiger partial charge in [0.1, 0.15) is 11.6 Å². The van der Waals surface area contributed by atoms with Crippen molar-refractivity contribution in [1.29, 1.82) is 0 Å². The third kappa shape index (κ3) is 4.27. The Kier molecular flexibility index (Phi) is 4.75. The zero-order chi connectivity index (χ0) is 18.7. The molecule has 1 heterocycles. The topological polar surface area (TPSA) is 49.8 Å². The highest BCUT2D eigenvalue weighted by Gasteiger charge is 2.33. The van der Waals surface area contributed by atoms with Crippen LogP contribution in [-0.2, 0) is 6.18 Å². The van der Waals surface area contributed by atoms with Crippen LogP contribution in [0, 0.1) is 12.7 Å². The van der Waals surface area contributed by atoms with Crippen LogP contribution in [0.3, 0.4) is 0 Å². The Morgan fingerprint density at radius 2 is 1.58 bits per heavy atom. The van der Waals surface area contributed by atoms with Crippen LogP contribution in [0.2, 0.25) is 0 Å². The van der Waals surface area contributed by atoms with E-state index in [4.69, 9.17) is 0 Å². The molecule has 0 saturated heterocycles. The Bertz CT molecular complexity index is 908. The highest BCUT2D eigenvalue weighted by atomic mass is 19.4. The van der Waals surface area contributed by atoms with Crippen molar-refractivity contribution >= 4 is 23.1 Å². The lowest BCUT2D eigenvalue weighted by Gasteiger charge is -2.14. The number of hydrogen-bond donors (Lipinski definition) is 2. The monoisotopic (exact) mass is 362 g/mol. The van der Waals surface area contributed by atoms with Crippen LogP contribution in [0.1, 0.15) is 11.3 Å². The molecule has 0 bridgehead atoms. The SMILES string of the molecule is Cc1cc(Nc2ccc(F)cc2)nc(Nc2ccccc2C(F)(F)F)n1. The number of alkyl halides is 3. The Morgan fingerprint density at radius 3 is 2.27 bits per heavy atom. The van der Waals surface area contributed by atoms with Crippen molar-refractivity contribution in [3.8, 4) is 0 Å². The van der Waals surface area contributed by atoms with E-state index in [2.05, 4.69) is 20.6 Å². The molecule has 0 unspecified atom stereocenters. The molecular weight excluding hydrogens is 348 g/mol. The number of para-hydroxylation sites is 1. The molecule has 0 fully saturated rings. The standard InChI is InChI=1S/C18H14F4N4/c1-11-10-16(24-13-8-6-12(19)7-9-13)26-17(23-11)25-15-5-3-2-4-14(15)18(20,21)22/h2-10H,1H3,(H2,23,24,25,26). The van der Waals surface area contributed by atoms with E-state index in [0.29, 0.717) is 17.2 Å². The molecule has 0 saturated carbocycles. The third-order valence-electron chi connectivity index (χ3n) is 3.45. The van der Waals surface area contributed by atoms with E-state index in [1.807, 2.05) is 0 Å². The van der Waals surface area contributed by atoms with E-state index in [-0.39, 0.29) is 17.5 Å². The number of aromatic nitrogens is 2. The molecule has 0 radical (unpaired) electrons. The zero-order valence-corrected chi connectivity index (χ0v) is 13.6. The number of nitrogens with one attached hydrogen (secondary N) is 2. The Labute approximate surface area is 146 Å². The zero-order valence-electron chi connectivity index (χ0n) is 13.6. The summed E-state index contributed by atoms with van der Waals surface area (Å²) in [5.41, 5.74) is 0.194. The van der Waals surface area contributed by atoms with Crippen LogP contribution in [0.5, 0.6) is 0 Å². The minimum atomic E-state index is -4.50. The van der Waals surface area contributed by atoms with Gasteiger partial charge >= 0.3 is 6.18 Å².